The quantitative estimate of drug-likeness (QED) is 0.536. The van der Waals surface area contributed by atoms with Gasteiger partial charge >= 0.3 is 0 Å². The van der Waals surface area contributed by atoms with Gasteiger partial charge in [0.2, 0.25) is 0 Å². The summed E-state index contributed by atoms with van der Waals surface area (Å²) in [6.45, 7) is 4.37. The third-order valence-corrected chi connectivity index (χ3v) is 10.1. The van der Waals surface area contributed by atoms with Crippen LogP contribution in [0, 0.1) is 0 Å². The molecule has 0 radical (unpaired) electrons. The van der Waals surface area contributed by atoms with Crippen molar-refractivity contribution in [2.45, 2.75) is 17.6 Å². The van der Waals surface area contributed by atoms with Crippen molar-refractivity contribution >= 4 is 47.1 Å². The summed E-state index contributed by atoms with van der Waals surface area (Å²) in [6.07, 6.45) is 0. The van der Waals surface area contributed by atoms with E-state index in [9.17, 15) is 0 Å². The topological polar surface area (TPSA) is 0 Å². The summed E-state index contributed by atoms with van der Waals surface area (Å²) in [7, 11) is -1.56. The summed E-state index contributed by atoms with van der Waals surface area (Å²) in [5, 5.41) is 2.07. The lowest BCUT2D eigenvalue weighted by Gasteiger charge is -2.21. The van der Waals surface area contributed by atoms with Gasteiger partial charge in [0.1, 0.15) is 12.5 Å². The first-order valence-corrected chi connectivity index (χ1v) is 8.20. The Morgan fingerprint density at radius 1 is 1.45 bits per heavy atom. The molecule has 0 saturated heterocycles. The molecule has 0 N–H and O–H groups in total. The highest BCUT2D eigenvalue weighted by molar-refractivity contribution is 7.27. The lowest BCUT2D eigenvalue weighted by Crippen LogP contribution is -2.46. The monoisotopic (exact) mass is 224 g/mol. The van der Waals surface area contributed by atoms with Gasteiger partial charge in [-0.25, -0.2) is 0 Å². The fourth-order valence-electron chi connectivity index (χ4n) is 0.753. The predicted octanol–water partition coefficient (Wildman–Crippen LogP) is 3.01. The van der Waals surface area contributed by atoms with Crippen molar-refractivity contribution in [3.8, 4) is 0 Å². The second-order valence-corrected chi connectivity index (χ2v) is 10.7. The molecule has 0 aromatic carbocycles. The zero-order valence-electron chi connectivity index (χ0n) is 6.47. The number of halogens is 2. The molecule has 0 aliphatic carbocycles. The lowest BCUT2D eigenvalue weighted by atomic mass is 10.7. The molecule has 1 heterocycles. The maximum atomic E-state index is 5.89. The molecule has 0 atom stereocenters. The largest absolute Gasteiger partial charge is 0.153 e. The smallest absolute Gasteiger partial charge is 0.131 e. The molecule has 4 heteroatoms. The highest BCUT2D eigenvalue weighted by Gasteiger charge is 2.31. The highest BCUT2D eigenvalue weighted by atomic mass is 35.5. The summed E-state index contributed by atoms with van der Waals surface area (Å²) in [5.41, 5.74) is 0. The number of hydrogen-bond acceptors (Lipinski definition) is 1. The van der Waals surface area contributed by atoms with Crippen molar-refractivity contribution in [3.63, 3.8) is 0 Å². The molecule has 0 amide bonds. The maximum Gasteiger partial charge on any atom is 0.131 e. The molecular formula is C7H10Cl2SSi. The van der Waals surface area contributed by atoms with Gasteiger partial charge < -0.3 is 0 Å². The average molecular weight is 225 g/mol. The third-order valence-electron chi connectivity index (χ3n) is 1.70. The third kappa shape index (κ3) is 1.99. The molecule has 0 fully saturated rings. The highest BCUT2D eigenvalue weighted by Crippen LogP contribution is 2.19. The van der Waals surface area contributed by atoms with E-state index in [0.717, 1.165) is 0 Å². The molecule has 0 spiro atoms. The Bertz CT molecular complexity index is 218. The van der Waals surface area contributed by atoms with E-state index in [1.165, 1.54) is 4.50 Å². The first kappa shape index (κ1) is 9.58. The Hall–Kier alpha value is 0.497. The van der Waals surface area contributed by atoms with Crippen molar-refractivity contribution in [2.75, 3.05) is 0 Å². The number of rotatable bonds is 2. The Morgan fingerprint density at radius 3 is 2.45 bits per heavy atom. The summed E-state index contributed by atoms with van der Waals surface area (Å²) in [4.78, 5) is 0. The second kappa shape index (κ2) is 3.48. The molecule has 0 unspecified atom stereocenters. The minimum absolute atomic E-state index is 0.207. The van der Waals surface area contributed by atoms with E-state index in [0.29, 0.717) is 0 Å². The molecule has 1 aromatic rings. The van der Waals surface area contributed by atoms with Gasteiger partial charge in [0.25, 0.3) is 0 Å². The Balaban J connectivity index is 2.90. The van der Waals surface area contributed by atoms with Gasteiger partial charge in [0.15, 0.2) is 0 Å². The van der Waals surface area contributed by atoms with Crippen LogP contribution in [0.5, 0.6) is 0 Å². The summed E-state index contributed by atoms with van der Waals surface area (Å²) < 4.78 is 1.16. The number of thiophene rings is 1. The van der Waals surface area contributed by atoms with Gasteiger partial charge in [0.05, 0.1) is 0 Å². The van der Waals surface area contributed by atoms with Crippen molar-refractivity contribution in [1.82, 2.24) is 0 Å². The minimum Gasteiger partial charge on any atom is -0.153 e. The van der Waals surface area contributed by atoms with E-state index in [-0.39, 0.29) is 4.46 Å². The van der Waals surface area contributed by atoms with E-state index >= 15 is 0 Å². The summed E-state index contributed by atoms with van der Waals surface area (Å²) in [5.74, 6) is 0. The van der Waals surface area contributed by atoms with Gasteiger partial charge in [-0.1, -0.05) is 25.2 Å². The molecule has 0 saturated carbocycles. The number of alkyl halides is 2. The van der Waals surface area contributed by atoms with Gasteiger partial charge in [-0.05, 0) is 9.88 Å². The SMILES string of the molecule is C[Si](C)(c1cccs1)C(Cl)Cl. The van der Waals surface area contributed by atoms with Crippen LogP contribution in [-0.2, 0) is 0 Å². The van der Waals surface area contributed by atoms with Crippen LogP contribution in [0.4, 0.5) is 0 Å². The van der Waals surface area contributed by atoms with E-state index in [1.807, 2.05) is 6.07 Å². The van der Waals surface area contributed by atoms with Crippen LogP contribution in [0.1, 0.15) is 0 Å². The molecule has 1 rings (SSSR count). The van der Waals surface area contributed by atoms with Crippen molar-refractivity contribution in [3.05, 3.63) is 17.5 Å². The molecule has 0 aliphatic heterocycles. The van der Waals surface area contributed by atoms with E-state index in [2.05, 4.69) is 24.5 Å². The molecule has 11 heavy (non-hydrogen) atoms. The molecule has 62 valence electrons. The maximum absolute atomic E-state index is 5.89. The lowest BCUT2D eigenvalue weighted by molar-refractivity contribution is 1.64. The van der Waals surface area contributed by atoms with Crippen LogP contribution in [0.25, 0.3) is 0 Å². The molecule has 0 nitrogen and oxygen atoms in total. The molecule has 0 aliphatic rings. The summed E-state index contributed by atoms with van der Waals surface area (Å²) in [6, 6.07) is 4.17. The van der Waals surface area contributed by atoms with Crippen LogP contribution in [-0.4, -0.2) is 12.5 Å². The Labute approximate surface area is 82.2 Å². The Morgan fingerprint density at radius 2 is 2.09 bits per heavy atom. The fraction of sp³-hybridized carbons (Fsp3) is 0.429. The van der Waals surface area contributed by atoms with Crippen molar-refractivity contribution in [2.24, 2.45) is 0 Å². The van der Waals surface area contributed by atoms with E-state index in [4.69, 9.17) is 23.2 Å². The van der Waals surface area contributed by atoms with Crippen LogP contribution in [0.2, 0.25) is 13.1 Å². The number of hydrogen-bond donors (Lipinski definition) is 0. The van der Waals surface area contributed by atoms with Crippen LogP contribution in [0.3, 0.4) is 0 Å². The van der Waals surface area contributed by atoms with E-state index in [1.54, 1.807) is 11.3 Å². The van der Waals surface area contributed by atoms with E-state index < -0.39 is 8.07 Å². The Kier molecular flexibility index (Phi) is 3.03. The summed E-state index contributed by atoms with van der Waals surface area (Å²) >= 11 is 13.5. The standard InChI is InChI=1S/C7H10Cl2SSi/c1-11(2,7(8)9)6-4-3-5-10-6/h3-5,7H,1-2H3. The van der Waals surface area contributed by atoms with Crippen LogP contribution in [0.15, 0.2) is 17.5 Å². The minimum atomic E-state index is -1.56. The van der Waals surface area contributed by atoms with Gasteiger partial charge in [-0.2, -0.15) is 11.3 Å². The molecule has 1 aromatic heterocycles. The predicted molar refractivity (Wildman–Crippen MR) is 56.9 cm³/mol. The van der Waals surface area contributed by atoms with Gasteiger partial charge in [0, 0.05) is 0 Å². The molecule has 0 bridgehead atoms. The van der Waals surface area contributed by atoms with Crippen LogP contribution < -0.4 is 4.50 Å². The molecular weight excluding hydrogens is 215 g/mol. The van der Waals surface area contributed by atoms with Gasteiger partial charge in [-0.15, -0.1) is 23.2 Å². The zero-order valence-corrected chi connectivity index (χ0v) is 9.80. The van der Waals surface area contributed by atoms with Gasteiger partial charge in [-0.3, -0.25) is 0 Å². The van der Waals surface area contributed by atoms with Crippen molar-refractivity contribution < 1.29 is 0 Å². The normalized spacial score (nSPS) is 12.5. The first-order valence-electron chi connectivity index (χ1n) is 3.37. The fourth-order valence-corrected chi connectivity index (χ4v) is 4.82. The first-order chi connectivity index (χ1) is 5.05. The second-order valence-electron chi connectivity index (χ2n) is 3.00. The average Bonchev–Trinajstić information content (AvgIpc) is 2.37. The zero-order chi connectivity index (χ0) is 8.48. The van der Waals surface area contributed by atoms with Crippen molar-refractivity contribution in [1.29, 1.82) is 0 Å². The van der Waals surface area contributed by atoms with Crippen LogP contribution >= 0.6 is 34.5 Å².